The molecule has 0 aliphatic heterocycles. The topological polar surface area (TPSA) is 58.7 Å². The Morgan fingerprint density at radius 1 is 1.43 bits per heavy atom. The number of ether oxygens (including phenoxy) is 1. The molecule has 1 rings (SSSR count). The van der Waals surface area contributed by atoms with Crippen molar-refractivity contribution in [1.29, 1.82) is 0 Å². The van der Waals surface area contributed by atoms with Gasteiger partial charge in [-0.25, -0.2) is 5.01 Å². The van der Waals surface area contributed by atoms with Crippen molar-refractivity contribution in [2.24, 2.45) is 5.84 Å². The van der Waals surface area contributed by atoms with Crippen LogP contribution in [0.15, 0.2) is 30.3 Å². The summed E-state index contributed by atoms with van der Waals surface area (Å²) in [6, 6.07) is 9.38. The average molecular weight is 196 g/mol. The second-order valence-corrected chi connectivity index (χ2v) is 3.22. The molecule has 1 aromatic rings. The van der Waals surface area contributed by atoms with Crippen LogP contribution in [0.5, 0.6) is 5.75 Å². The summed E-state index contributed by atoms with van der Waals surface area (Å²) in [4.78, 5) is 0. The quantitative estimate of drug-likeness (QED) is 0.523. The van der Waals surface area contributed by atoms with Crippen LogP contribution in [0.25, 0.3) is 0 Å². The lowest BCUT2D eigenvalue weighted by molar-refractivity contribution is 0.0765. The van der Waals surface area contributed by atoms with Gasteiger partial charge in [0.25, 0.3) is 0 Å². The van der Waals surface area contributed by atoms with E-state index in [-0.39, 0.29) is 6.61 Å². The van der Waals surface area contributed by atoms with Gasteiger partial charge in [0.1, 0.15) is 18.5 Å². The summed E-state index contributed by atoms with van der Waals surface area (Å²) in [5.74, 6) is 6.14. The zero-order chi connectivity index (χ0) is 10.4. The van der Waals surface area contributed by atoms with Gasteiger partial charge in [-0.15, -0.1) is 0 Å². The smallest absolute Gasteiger partial charge is 0.119 e. The molecular formula is C10H16N2O2. The molecule has 0 aliphatic carbocycles. The Kier molecular flexibility index (Phi) is 4.39. The number of rotatable bonds is 5. The largest absolute Gasteiger partial charge is 0.491 e. The van der Waals surface area contributed by atoms with Gasteiger partial charge in [0.05, 0.1) is 0 Å². The van der Waals surface area contributed by atoms with E-state index >= 15 is 0 Å². The summed E-state index contributed by atoms with van der Waals surface area (Å²) >= 11 is 0. The highest BCUT2D eigenvalue weighted by molar-refractivity contribution is 5.20. The highest BCUT2D eigenvalue weighted by Crippen LogP contribution is 2.08. The van der Waals surface area contributed by atoms with E-state index in [0.717, 1.165) is 5.75 Å². The minimum Gasteiger partial charge on any atom is -0.491 e. The maximum Gasteiger partial charge on any atom is 0.119 e. The first-order chi connectivity index (χ1) is 6.68. The number of hydrogen-bond donors (Lipinski definition) is 2. The van der Waals surface area contributed by atoms with Crippen molar-refractivity contribution in [3.05, 3.63) is 30.3 Å². The van der Waals surface area contributed by atoms with Crippen molar-refractivity contribution in [1.82, 2.24) is 5.01 Å². The van der Waals surface area contributed by atoms with Crippen LogP contribution in [-0.2, 0) is 0 Å². The molecule has 0 fully saturated rings. The fraction of sp³-hybridized carbons (Fsp3) is 0.400. The van der Waals surface area contributed by atoms with Gasteiger partial charge in [0, 0.05) is 13.6 Å². The van der Waals surface area contributed by atoms with Gasteiger partial charge < -0.3 is 9.84 Å². The van der Waals surface area contributed by atoms with Crippen LogP contribution < -0.4 is 10.6 Å². The van der Waals surface area contributed by atoms with Crippen molar-refractivity contribution in [2.45, 2.75) is 6.10 Å². The molecule has 0 aromatic heterocycles. The Bertz CT molecular complexity index is 252. The van der Waals surface area contributed by atoms with Gasteiger partial charge in [0.2, 0.25) is 0 Å². The zero-order valence-corrected chi connectivity index (χ0v) is 8.26. The van der Waals surface area contributed by atoms with E-state index in [1.54, 1.807) is 7.05 Å². The SMILES string of the molecule is CN(N)CC(O)COc1ccccc1. The van der Waals surface area contributed by atoms with Crippen molar-refractivity contribution in [3.63, 3.8) is 0 Å². The highest BCUT2D eigenvalue weighted by atomic mass is 16.5. The van der Waals surface area contributed by atoms with Gasteiger partial charge in [-0.1, -0.05) is 18.2 Å². The minimum atomic E-state index is -0.565. The number of aliphatic hydroxyl groups excluding tert-OH is 1. The number of nitrogens with zero attached hydrogens (tertiary/aromatic N) is 1. The van der Waals surface area contributed by atoms with Crippen LogP contribution in [0.4, 0.5) is 0 Å². The Morgan fingerprint density at radius 2 is 2.07 bits per heavy atom. The van der Waals surface area contributed by atoms with E-state index in [0.29, 0.717) is 6.54 Å². The van der Waals surface area contributed by atoms with E-state index in [9.17, 15) is 5.11 Å². The Hall–Kier alpha value is -1.10. The number of aliphatic hydroxyl groups is 1. The van der Waals surface area contributed by atoms with Gasteiger partial charge >= 0.3 is 0 Å². The fourth-order valence-electron chi connectivity index (χ4n) is 1.09. The molecule has 1 unspecified atom stereocenters. The van der Waals surface area contributed by atoms with Crippen molar-refractivity contribution >= 4 is 0 Å². The molecule has 0 saturated carbocycles. The van der Waals surface area contributed by atoms with Crippen LogP contribution in [0.2, 0.25) is 0 Å². The van der Waals surface area contributed by atoms with Crippen LogP contribution >= 0.6 is 0 Å². The van der Waals surface area contributed by atoms with Crippen LogP contribution in [0.3, 0.4) is 0 Å². The number of hydrogen-bond acceptors (Lipinski definition) is 4. The molecule has 0 radical (unpaired) electrons. The molecule has 0 aliphatic rings. The number of hydrazine groups is 1. The molecule has 0 spiro atoms. The van der Waals surface area contributed by atoms with Crippen molar-refractivity contribution in [2.75, 3.05) is 20.2 Å². The fourth-order valence-corrected chi connectivity index (χ4v) is 1.09. The Balaban J connectivity index is 2.27. The summed E-state index contributed by atoms with van der Waals surface area (Å²) in [6.07, 6.45) is -0.565. The Labute approximate surface area is 83.9 Å². The molecule has 3 N–H and O–H groups in total. The molecule has 0 bridgehead atoms. The lowest BCUT2D eigenvalue weighted by Gasteiger charge is -2.16. The van der Waals surface area contributed by atoms with Gasteiger partial charge in [-0.2, -0.15) is 0 Å². The van der Waals surface area contributed by atoms with E-state index < -0.39 is 6.10 Å². The molecule has 4 heteroatoms. The number of benzene rings is 1. The molecule has 0 amide bonds. The van der Waals surface area contributed by atoms with Crippen LogP contribution in [-0.4, -0.2) is 36.4 Å². The first kappa shape index (κ1) is 11.0. The van der Waals surface area contributed by atoms with E-state index in [4.69, 9.17) is 10.6 Å². The summed E-state index contributed by atoms with van der Waals surface area (Å²) in [7, 11) is 1.70. The van der Waals surface area contributed by atoms with Crippen LogP contribution in [0, 0.1) is 0 Å². The normalized spacial score (nSPS) is 12.9. The third-order valence-electron chi connectivity index (χ3n) is 1.68. The van der Waals surface area contributed by atoms with Gasteiger partial charge in [0.15, 0.2) is 0 Å². The first-order valence-corrected chi connectivity index (χ1v) is 4.50. The molecule has 78 valence electrons. The van der Waals surface area contributed by atoms with Gasteiger partial charge in [-0.05, 0) is 12.1 Å². The molecule has 1 atom stereocenters. The molecule has 1 aromatic carbocycles. The van der Waals surface area contributed by atoms with E-state index in [1.165, 1.54) is 5.01 Å². The summed E-state index contributed by atoms with van der Waals surface area (Å²) in [5.41, 5.74) is 0. The standard InChI is InChI=1S/C10H16N2O2/c1-12(11)7-9(13)8-14-10-5-3-2-4-6-10/h2-6,9,13H,7-8,11H2,1H3. The number of nitrogens with two attached hydrogens (primary N) is 1. The molecule has 0 saturated heterocycles. The molecular weight excluding hydrogens is 180 g/mol. The lowest BCUT2D eigenvalue weighted by atomic mass is 10.3. The Morgan fingerprint density at radius 3 is 2.64 bits per heavy atom. The number of para-hydroxylation sites is 1. The third kappa shape index (κ3) is 4.23. The number of likely N-dealkylation sites (N-methyl/N-ethyl adjacent to an activating group) is 1. The lowest BCUT2D eigenvalue weighted by Crippen LogP contribution is -2.37. The maximum absolute atomic E-state index is 9.43. The second-order valence-electron chi connectivity index (χ2n) is 3.22. The summed E-state index contributed by atoms with van der Waals surface area (Å²) < 4.78 is 5.34. The second kappa shape index (κ2) is 5.59. The van der Waals surface area contributed by atoms with Crippen LogP contribution in [0.1, 0.15) is 0 Å². The van der Waals surface area contributed by atoms with Crippen molar-refractivity contribution < 1.29 is 9.84 Å². The van der Waals surface area contributed by atoms with E-state index in [1.807, 2.05) is 30.3 Å². The third-order valence-corrected chi connectivity index (χ3v) is 1.68. The molecule has 4 nitrogen and oxygen atoms in total. The maximum atomic E-state index is 9.43. The minimum absolute atomic E-state index is 0.256. The van der Waals surface area contributed by atoms with E-state index in [2.05, 4.69) is 0 Å². The highest BCUT2D eigenvalue weighted by Gasteiger charge is 2.06. The predicted molar refractivity (Wildman–Crippen MR) is 54.8 cm³/mol. The monoisotopic (exact) mass is 196 g/mol. The molecule has 0 heterocycles. The zero-order valence-electron chi connectivity index (χ0n) is 8.26. The van der Waals surface area contributed by atoms with Gasteiger partial charge in [-0.3, -0.25) is 5.84 Å². The summed E-state index contributed by atoms with van der Waals surface area (Å²) in [5, 5.41) is 10.9. The first-order valence-electron chi connectivity index (χ1n) is 4.50. The molecule has 14 heavy (non-hydrogen) atoms. The summed E-state index contributed by atoms with van der Waals surface area (Å²) in [6.45, 7) is 0.651. The predicted octanol–water partition coefficient (Wildman–Crippen LogP) is 0.232. The van der Waals surface area contributed by atoms with Crippen molar-refractivity contribution in [3.8, 4) is 5.75 Å². The average Bonchev–Trinajstić information content (AvgIpc) is 2.15.